The highest BCUT2D eigenvalue weighted by atomic mass is 16.4. The minimum atomic E-state index is -0.645. The van der Waals surface area contributed by atoms with Crippen molar-refractivity contribution in [1.82, 2.24) is 0 Å². The van der Waals surface area contributed by atoms with Crippen molar-refractivity contribution in [1.29, 1.82) is 0 Å². The third kappa shape index (κ3) is 7.58. The second-order valence-electron chi connectivity index (χ2n) is 16.2. The lowest BCUT2D eigenvalue weighted by molar-refractivity contribution is -0.137. The Morgan fingerprint density at radius 3 is 2.25 bits per heavy atom. The minimum Gasteiger partial charge on any atom is -0.481 e. The zero-order chi connectivity index (χ0) is 28.8. The van der Waals surface area contributed by atoms with Crippen molar-refractivity contribution < 1.29 is 9.90 Å². The van der Waals surface area contributed by atoms with E-state index in [2.05, 4.69) is 40.7 Å². The maximum absolute atomic E-state index is 10.6. The number of unbranched alkanes of at least 4 members (excludes halogenated alkanes) is 7. The van der Waals surface area contributed by atoms with Gasteiger partial charge in [-0.2, -0.15) is 0 Å². The van der Waals surface area contributed by atoms with Crippen LogP contribution >= 0.6 is 0 Å². The van der Waals surface area contributed by atoms with E-state index in [0.717, 1.165) is 54.3 Å². The van der Waals surface area contributed by atoms with Gasteiger partial charge in [0.1, 0.15) is 0 Å². The average molecular weight is 555 g/mol. The molecule has 2 nitrogen and oxygen atoms in total. The number of carbonyl (C=O) groups is 1. The highest BCUT2D eigenvalue weighted by Gasteiger charge is 2.59. The first-order valence-corrected chi connectivity index (χ1v) is 18.1. The highest BCUT2D eigenvalue weighted by molar-refractivity contribution is 5.66. The Kier molecular flexibility index (Phi) is 11.7. The molecule has 3 fully saturated rings. The summed E-state index contributed by atoms with van der Waals surface area (Å²) in [6.07, 6.45) is 30.6. The summed E-state index contributed by atoms with van der Waals surface area (Å²) in [7, 11) is 0. The SMILES string of the molecule is CC(C)CCC[C@@H](C)[C@H]1CC[C@H]2[C@@H]3CC=C4C[C@@H](CCCCCCCCCCC(=O)O)CC[C@]4(C)[C@H]3CC[C@]12C. The maximum atomic E-state index is 10.6. The number of aliphatic carboxylic acids is 1. The van der Waals surface area contributed by atoms with Crippen LogP contribution in [0.25, 0.3) is 0 Å². The first-order valence-electron chi connectivity index (χ1n) is 18.1. The summed E-state index contributed by atoms with van der Waals surface area (Å²) in [5.41, 5.74) is 2.99. The lowest BCUT2D eigenvalue weighted by atomic mass is 9.46. The van der Waals surface area contributed by atoms with Gasteiger partial charge in [-0.15, -0.1) is 0 Å². The molecular formula is C38H66O2. The molecule has 0 heterocycles. The summed E-state index contributed by atoms with van der Waals surface area (Å²) >= 11 is 0. The molecule has 3 saturated carbocycles. The summed E-state index contributed by atoms with van der Waals surface area (Å²) in [6.45, 7) is 12.8. The molecule has 0 aliphatic heterocycles. The van der Waals surface area contributed by atoms with Crippen molar-refractivity contribution in [3.05, 3.63) is 11.6 Å². The molecule has 2 heteroatoms. The van der Waals surface area contributed by atoms with Crippen molar-refractivity contribution in [2.24, 2.45) is 52.3 Å². The van der Waals surface area contributed by atoms with Gasteiger partial charge < -0.3 is 5.11 Å². The summed E-state index contributed by atoms with van der Waals surface area (Å²) in [6, 6.07) is 0. The van der Waals surface area contributed by atoms with Crippen molar-refractivity contribution in [3.8, 4) is 0 Å². The zero-order valence-electron chi connectivity index (χ0n) is 27.3. The summed E-state index contributed by atoms with van der Waals surface area (Å²) in [5.74, 6) is 5.92. The van der Waals surface area contributed by atoms with Gasteiger partial charge in [0.05, 0.1) is 0 Å². The van der Waals surface area contributed by atoms with E-state index < -0.39 is 5.97 Å². The van der Waals surface area contributed by atoms with E-state index in [-0.39, 0.29) is 0 Å². The van der Waals surface area contributed by atoms with Crippen LogP contribution in [-0.4, -0.2) is 11.1 Å². The van der Waals surface area contributed by atoms with Crippen molar-refractivity contribution in [2.45, 2.75) is 169 Å². The fraction of sp³-hybridized carbons (Fsp3) is 0.921. The second-order valence-corrected chi connectivity index (χ2v) is 16.2. The quantitative estimate of drug-likeness (QED) is 0.152. The number of allylic oxidation sites excluding steroid dienone is 2. The molecule has 0 saturated heterocycles. The molecule has 230 valence electrons. The molecule has 8 atom stereocenters. The topological polar surface area (TPSA) is 37.3 Å². The molecule has 4 aliphatic rings. The van der Waals surface area contributed by atoms with Crippen LogP contribution in [0.3, 0.4) is 0 Å². The van der Waals surface area contributed by atoms with Gasteiger partial charge >= 0.3 is 5.97 Å². The number of rotatable bonds is 16. The molecule has 40 heavy (non-hydrogen) atoms. The summed E-state index contributed by atoms with van der Waals surface area (Å²) in [5, 5.41) is 8.75. The zero-order valence-corrected chi connectivity index (χ0v) is 27.3. The molecular weight excluding hydrogens is 488 g/mol. The van der Waals surface area contributed by atoms with Gasteiger partial charge in [-0.1, -0.05) is 117 Å². The lowest BCUT2D eigenvalue weighted by Crippen LogP contribution is -2.50. The van der Waals surface area contributed by atoms with Crippen molar-refractivity contribution >= 4 is 5.97 Å². The molecule has 0 aromatic carbocycles. The molecule has 0 aromatic heterocycles. The molecule has 4 aliphatic carbocycles. The molecule has 0 radical (unpaired) electrons. The van der Waals surface area contributed by atoms with Gasteiger partial charge in [-0.3, -0.25) is 4.79 Å². The largest absolute Gasteiger partial charge is 0.481 e. The Balaban J connectivity index is 1.21. The van der Waals surface area contributed by atoms with Crippen LogP contribution in [0, 0.1) is 52.3 Å². The van der Waals surface area contributed by atoms with E-state index in [1.165, 1.54) is 116 Å². The monoisotopic (exact) mass is 555 g/mol. The number of hydrogen-bond acceptors (Lipinski definition) is 1. The summed E-state index contributed by atoms with van der Waals surface area (Å²) in [4.78, 5) is 10.6. The van der Waals surface area contributed by atoms with Crippen LogP contribution in [0.1, 0.15) is 169 Å². The number of carboxylic acids is 1. The van der Waals surface area contributed by atoms with E-state index in [4.69, 9.17) is 5.11 Å². The van der Waals surface area contributed by atoms with Crippen LogP contribution < -0.4 is 0 Å². The Labute approximate surface area is 248 Å². The lowest BCUT2D eigenvalue weighted by Gasteiger charge is -2.58. The second kappa shape index (κ2) is 14.6. The highest BCUT2D eigenvalue weighted by Crippen LogP contribution is 2.67. The van der Waals surface area contributed by atoms with Gasteiger partial charge in [-0.05, 0) is 110 Å². The molecule has 0 spiro atoms. The minimum absolute atomic E-state index is 0.344. The predicted molar refractivity (Wildman–Crippen MR) is 170 cm³/mol. The molecule has 0 amide bonds. The van der Waals surface area contributed by atoms with Crippen LogP contribution in [0.4, 0.5) is 0 Å². The average Bonchev–Trinajstić information content (AvgIpc) is 3.26. The predicted octanol–water partition coefficient (Wildman–Crippen LogP) is 11.6. The smallest absolute Gasteiger partial charge is 0.303 e. The normalized spacial score (nSPS) is 36.0. The maximum Gasteiger partial charge on any atom is 0.303 e. The van der Waals surface area contributed by atoms with E-state index in [0.29, 0.717) is 17.3 Å². The van der Waals surface area contributed by atoms with Gasteiger partial charge in [0.15, 0.2) is 0 Å². The van der Waals surface area contributed by atoms with Gasteiger partial charge in [0.25, 0.3) is 0 Å². The number of hydrogen-bond donors (Lipinski definition) is 1. The fourth-order valence-electron chi connectivity index (χ4n) is 10.8. The van der Waals surface area contributed by atoms with Crippen LogP contribution in [0.15, 0.2) is 11.6 Å². The Bertz CT molecular complexity index is 827. The fourth-order valence-corrected chi connectivity index (χ4v) is 10.8. The van der Waals surface area contributed by atoms with E-state index in [1.54, 1.807) is 0 Å². The first kappa shape index (κ1) is 32.1. The number of carboxylic acid groups (broad SMARTS) is 1. The van der Waals surface area contributed by atoms with Crippen LogP contribution in [-0.2, 0) is 4.79 Å². The first-order chi connectivity index (χ1) is 19.1. The van der Waals surface area contributed by atoms with Crippen molar-refractivity contribution in [2.75, 3.05) is 0 Å². The van der Waals surface area contributed by atoms with Crippen molar-refractivity contribution in [3.63, 3.8) is 0 Å². The van der Waals surface area contributed by atoms with E-state index >= 15 is 0 Å². The Hall–Kier alpha value is -0.790. The molecule has 0 unspecified atom stereocenters. The van der Waals surface area contributed by atoms with E-state index in [9.17, 15) is 4.79 Å². The van der Waals surface area contributed by atoms with E-state index in [1.807, 2.05) is 5.57 Å². The number of fused-ring (bicyclic) bond motifs is 5. The van der Waals surface area contributed by atoms with Crippen LogP contribution in [0.5, 0.6) is 0 Å². The van der Waals surface area contributed by atoms with Gasteiger partial charge in [-0.25, -0.2) is 0 Å². The molecule has 0 aromatic rings. The summed E-state index contributed by atoms with van der Waals surface area (Å²) < 4.78 is 0. The van der Waals surface area contributed by atoms with Crippen LogP contribution in [0.2, 0.25) is 0 Å². The standard InChI is InChI=1S/C38H66O2/c1-28(2)15-14-16-29(3)33-21-22-34-32-20-19-31-27-30(17-12-10-8-6-7-9-11-13-18-36(39)40)23-25-37(31,4)35(32)24-26-38(33,34)5/h19,28-30,32-35H,6-18,20-27H2,1-5H3,(H,39,40)/t29-,30+,32+,33-,34+,35+,37+,38-/m1/s1. The van der Waals surface area contributed by atoms with Gasteiger partial charge in [0, 0.05) is 6.42 Å². The Morgan fingerprint density at radius 1 is 0.850 bits per heavy atom. The molecule has 1 N–H and O–H groups in total. The molecule has 0 bridgehead atoms. The third-order valence-corrected chi connectivity index (χ3v) is 13.2. The third-order valence-electron chi connectivity index (χ3n) is 13.2. The molecule has 4 rings (SSSR count). The Morgan fingerprint density at radius 2 is 1.55 bits per heavy atom. The van der Waals surface area contributed by atoms with Gasteiger partial charge in [0.2, 0.25) is 0 Å².